The fourth-order valence-electron chi connectivity index (χ4n) is 2.97. The second-order valence-electron chi connectivity index (χ2n) is 7.09. The number of sulfone groups is 1. The molecule has 0 saturated carbocycles. The summed E-state index contributed by atoms with van der Waals surface area (Å²) in [5.41, 5.74) is 1.04. The number of anilines is 2. The Balaban J connectivity index is 1.42. The molecule has 35 heavy (non-hydrogen) atoms. The van der Waals surface area contributed by atoms with Crippen molar-refractivity contribution in [2.45, 2.75) is 9.10 Å². The van der Waals surface area contributed by atoms with Crippen molar-refractivity contribution in [2.75, 3.05) is 10.6 Å². The molecule has 0 fully saturated rings. The number of nitro benzene ring substituents is 1. The van der Waals surface area contributed by atoms with Crippen LogP contribution in [-0.4, -0.2) is 30.1 Å². The van der Waals surface area contributed by atoms with Gasteiger partial charge in [0, 0.05) is 28.9 Å². The number of carbonyl (C=O) groups is 2. The van der Waals surface area contributed by atoms with Gasteiger partial charge in [-0.15, -0.1) is 0 Å². The van der Waals surface area contributed by atoms with Crippen LogP contribution >= 0.6 is 11.3 Å². The molecule has 1 aromatic heterocycles. The smallest absolute Gasteiger partial charge is 0.269 e. The number of rotatable bonds is 7. The number of nitrogens with one attached hydrogen (secondary N) is 2. The lowest BCUT2D eigenvalue weighted by molar-refractivity contribution is -0.384. The van der Waals surface area contributed by atoms with Gasteiger partial charge in [-0.05, 0) is 48.5 Å². The molecule has 3 aromatic carbocycles. The quantitative estimate of drug-likeness (QED) is 0.278. The zero-order chi connectivity index (χ0) is 25.0. The Labute approximate surface area is 203 Å². The topological polar surface area (TPSA) is 148 Å². The van der Waals surface area contributed by atoms with Crippen LogP contribution in [0.15, 0.2) is 94.2 Å². The van der Waals surface area contributed by atoms with Crippen LogP contribution in [0, 0.1) is 10.1 Å². The minimum atomic E-state index is -3.96. The Hall–Kier alpha value is -4.42. The summed E-state index contributed by atoms with van der Waals surface area (Å²) in [7, 11) is -3.96. The van der Waals surface area contributed by atoms with Crippen LogP contribution in [-0.2, 0) is 9.84 Å². The van der Waals surface area contributed by atoms with E-state index in [4.69, 9.17) is 0 Å². The van der Waals surface area contributed by atoms with Gasteiger partial charge in [0.2, 0.25) is 9.84 Å². The van der Waals surface area contributed by atoms with E-state index in [1.165, 1.54) is 12.1 Å². The summed E-state index contributed by atoms with van der Waals surface area (Å²) in [6.07, 6.45) is 1.11. The van der Waals surface area contributed by atoms with E-state index in [0.29, 0.717) is 11.3 Å². The number of aromatic nitrogens is 1. The Bertz CT molecular complexity index is 1500. The van der Waals surface area contributed by atoms with Crippen LogP contribution in [0.4, 0.5) is 16.5 Å². The van der Waals surface area contributed by atoms with E-state index in [1.54, 1.807) is 42.5 Å². The van der Waals surface area contributed by atoms with Crippen molar-refractivity contribution in [2.24, 2.45) is 0 Å². The summed E-state index contributed by atoms with van der Waals surface area (Å²) in [6.45, 7) is 0. The first-order valence-corrected chi connectivity index (χ1v) is 12.3. The lowest BCUT2D eigenvalue weighted by Crippen LogP contribution is -2.13. The van der Waals surface area contributed by atoms with Crippen LogP contribution in [0.3, 0.4) is 0 Å². The number of benzene rings is 3. The molecular formula is C23H16N4O6S2. The van der Waals surface area contributed by atoms with Gasteiger partial charge in [-0.3, -0.25) is 25.0 Å². The zero-order valence-electron chi connectivity index (χ0n) is 17.7. The monoisotopic (exact) mass is 508 g/mol. The van der Waals surface area contributed by atoms with Gasteiger partial charge >= 0.3 is 0 Å². The summed E-state index contributed by atoms with van der Waals surface area (Å²) >= 11 is 0.755. The van der Waals surface area contributed by atoms with Gasteiger partial charge in [0.1, 0.15) is 4.21 Å². The Morgan fingerprint density at radius 1 is 0.829 bits per heavy atom. The molecule has 12 heteroatoms. The molecule has 2 amide bonds. The van der Waals surface area contributed by atoms with Crippen molar-refractivity contribution in [1.29, 1.82) is 0 Å². The maximum absolute atomic E-state index is 12.8. The fourth-order valence-corrected chi connectivity index (χ4v) is 5.40. The maximum Gasteiger partial charge on any atom is 0.269 e. The highest BCUT2D eigenvalue weighted by Crippen LogP contribution is 2.29. The van der Waals surface area contributed by atoms with Crippen LogP contribution in [0.25, 0.3) is 0 Å². The normalized spacial score (nSPS) is 11.0. The molecule has 0 radical (unpaired) electrons. The zero-order valence-corrected chi connectivity index (χ0v) is 19.4. The van der Waals surface area contributed by atoms with Crippen LogP contribution in [0.5, 0.6) is 0 Å². The highest BCUT2D eigenvalue weighted by atomic mass is 32.2. The molecule has 0 atom stereocenters. The van der Waals surface area contributed by atoms with Crippen molar-refractivity contribution >= 4 is 49.5 Å². The van der Waals surface area contributed by atoms with E-state index in [2.05, 4.69) is 15.6 Å². The molecule has 0 aliphatic heterocycles. The molecule has 0 bridgehead atoms. The molecule has 10 nitrogen and oxygen atoms in total. The minimum Gasteiger partial charge on any atom is -0.322 e. The van der Waals surface area contributed by atoms with Crippen molar-refractivity contribution < 1.29 is 22.9 Å². The number of nitrogens with zero attached hydrogens (tertiary/aromatic N) is 2. The van der Waals surface area contributed by atoms with Crippen molar-refractivity contribution in [3.63, 3.8) is 0 Å². The molecule has 4 rings (SSSR count). The summed E-state index contributed by atoms with van der Waals surface area (Å²) < 4.78 is 25.4. The number of hydrogen-bond acceptors (Lipinski definition) is 8. The van der Waals surface area contributed by atoms with Crippen molar-refractivity contribution in [1.82, 2.24) is 4.98 Å². The Kier molecular flexibility index (Phi) is 6.66. The third-order valence-corrected chi connectivity index (χ3v) is 7.91. The molecule has 176 valence electrons. The Morgan fingerprint density at radius 3 is 2.06 bits per heavy atom. The molecule has 2 N–H and O–H groups in total. The van der Waals surface area contributed by atoms with E-state index >= 15 is 0 Å². The third-order valence-electron chi connectivity index (χ3n) is 4.77. The van der Waals surface area contributed by atoms with Crippen LogP contribution < -0.4 is 10.6 Å². The summed E-state index contributed by atoms with van der Waals surface area (Å²) in [5.74, 6) is -0.799. The molecule has 0 aliphatic carbocycles. The average molecular weight is 509 g/mol. The van der Waals surface area contributed by atoms with Gasteiger partial charge in [-0.2, -0.15) is 0 Å². The van der Waals surface area contributed by atoms with E-state index in [1.807, 2.05) is 0 Å². The summed E-state index contributed by atoms with van der Waals surface area (Å²) in [4.78, 5) is 38.8. The lowest BCUT2D eigenvalue weighted by Gasteiger charge is -2.06. The summed E-state index contributed by atoms with van der Waals surface area (Å²) in [6, 6.07) is 19.3. The number of nitro groups is 1. The summed E-state index contributed by atoms with van der Waals surface area (Å²) in [5, 5.41) is 16.1. The number of amides is 2. The van der Waals surface area contributed by atoms with E-state index in [9.17, 15) is 28.1 Å². The van der Waals surface area contributed by atoms with E-state index < -0.39 is 20.7 Å². The van der Waals surface area contributed by atoms with E-state index in [-0.39, 0.29) is 31.4 Å². The molecule has 1 heterocycles. The maximum atomic E-state index is 12.8. The second-order valence-corrected chi connectivity index (χ2v) is 10.3. The predicted octanol–water partition coefficient (Wildman–Crippen LogP) is 4.39. The largest absolute Gasteiger partial charge is 0.322 e. The van der Waals surface area contributed by atoms with E-state index in [0.717, 1.165) is 41.8 Å². The SMILES string of the molecule is O=C(Nc1ccc(C(=O)Nc2ncc(S(=O)(=O)c3ccc([N+](=O)[O-])cc3)s2)cc1)c1ccccc1. The third kappa shape index (κ3) is 5.39. The van der Waals surface area contributed by atoms with Crippen molar-refractivity contribution in [3.8, 4) is 0 Å². The van der Waals surface area contributed by atoms with Gasteiger partial charge in [0.05, 0.1) is 16.0 Å². The molecule has 0 saturated heterocycles. The van der Waals surface area contributed by atoms with Gasteiger partial charge in [0.25, 0.3) is 17.5 Å². The van der Waals surface area contributed by atoms with Gasteiger partial charge in [0.15, 0.2) is 5.13 Å². The number of thiazole rings is 1. The molecule has 4 aromatic rings. The lowest BCUT2D eigenvalue weighted by atomic mass is 10.1. The molecule has 0 aliphatic rings. The predicted molar refractivity (Wildman–Crippen MR) is 129 cm³/mol. The highest BCUT2D eigenvalue weighted by Gasteiger charge is 2.22. The molecule has 0 unspecified atom stereocenters. The standard InChI is InChI=1S/C23H16N4O6S2/c28-21(15-4-2-1-3-5-15)25-17-8-6-16(7-9-17)22(29)26-23-24-14-20(34-23)35(32,33)19-12-10-18(11-13-19)27(30)31/h1-14H,(H,25,28)(H,24,26,29). The average Bonchev–Trinajstić information content (AvgIpc) is 3.34. The first-order valence-electron chi connectivity index (χ1n) is 9.97. The first kappa shape index (κ1) is 23.7. The molecular weight excluding hydrogens is 492 g/mol. The van der Waals surface area contributed by atoms with Gasteiger partial charge < -0.3 is 5.32 Å². The van der Waals surface area contributed by atoms with Crippen LogP contribution in [0.2, 0.25) is 0 Å². The fraction of sp³-hybridized carbons (Fsp3) is 0. The van der Waals surface area contributed by atoms with Gasteiger partial charge in [-0.25, -0.2) is 13.4 Å². The second kappa shape index (κ2) is 9.83. The number of carbonyl (C=O) groups excluding carboxylic acids is 2. The molecule has 0 spiro atoms. The number of non-ortho nitro benzene ring substituents is 1. The van der Waals surface area contributed by atoms with Crippen LogP contribution in [0.1, 0.15) is 20.7 Å². The highest BCUT2D eigenvalue weighted by molar-refractivity contribution is 7.93. The number of hydrogen-bond donors (Lipinski definition) is 2. The van der Waals surface area contributed by atoms with Gasteiger partial charge in [-0.1, -0.05) is 29.5 Å². The first-order chi connectivity index (χ1) is 16.7. The Morgan fingerprint density at radius 2 is 1.43 bits per heavy atom. The van der Waals surface area contributed by atoms with Crippen molar-refractivity contribution in [3.05, 3.63) is 106 Å². The minimum absolute atomic E-state index is 0.0666.